The Morgan fingerprint density at radius 2 is 2.08 bits per heavy atom. The van der Waals surface area contributed by atoms with Crippen LogP contribution in [0, 0.1) is 11.3 Å². The third-order valence-electron chi connectivity index (χ3n) is 5.12. The summed E-state index contributed by atoms with van der Waals surface area (Å²) in [4.78, 5) is 24.5. The number of piperidine rings is 1. The van der Waals surface area contributed by atoms with Crippen LogP contribution in [0.2, 0.25) is 5.02 Å². The fraction of sp³-hybridized carbons (Fsp3) is 0.556. The summed E-state index contributed by atoms with van der Waals surface area (Å²) in [5.41, 5.74) is 1.29. The maximum Gasteiger partial charge on any atom is 0.252 e. The summed E-state index contributed by atoms with van der Waals surface area (Å²) in [6, 6.07) is 5.05. The van der Waals surface area contributed by atoms with Gasteiger partial charge in [-0.3, -0.25) is 9.59 Å². The lowest BCUT2D eigenvalue weighted by atomic mass is 9.92. The summed E-state index contributed by atoms with van der Waals surface area (Å²) in [7, 11) is 0. The minimum Gasteiger partial charge on any atom is -0.352 e. The van der Waals surface area contributed by atoms with Gasteiger partial charge in [0.1, 0.15) is 0 Å². The van der Waals surface area contributed by atoms with Gasteiger partial charge in [0.2, 0.25) is 5.91 Å². The molecule has 1 aromatic rings. The number of amides is 2. The van der Waals surface area contributed by atoms with Crippen molar-refractivity contribution in [3.05, 3.63) is 28.8 Å². The lowest BCUT2D eigenvalue weighted by Crippen LogP contribution is -2.31. The molecule has 1 aromatic carbocycles. The number of nitrogens with one attached hydrogen (secondary N) is 3. The van der Waals surface area contributed by atoms with Crippen LogP contribution in [0.4, 0.5) is 5.69 Å². The van der Waals surface area contributed by atoms with Gasteiger partial charge < -0.3 is 16.0 Å². The molecule has 1 unspecified atom stereocenters. The first-order valence-electron chi connectivity index (χ1n) is 8.65. The highest BCUT2D eigenvalue weighted by Gasteiger charge is 2.57. The van der Waals surface area contributed by atoms with Crippen LogP contribution in [-0.4, -0.2) is 31.4 Å². The third-order valence-corrected chi connectivity index (χ3v) is 5.44. The summed E-state index contributed by atoms with van der Waals surface area (Å²) in [5, 5.41) is 9.45. The van der Waals surface area contributed by atoms with E-state index in [0.717, 1.165) is 38.8 Å². The Kier molecular flexibility index (Phi) is 5.11. The van der Waals surface area contributed by atoms with E-state index in [9.17, 15) is 9.59 Å². The monoisotopic (exact) mass is 349 g/mol. The van der Waals surface area contributed by atoms with Gasteiger partial charge in [0.05, 0.1) is 10.6 Å². The van der Waals surface area contributed by atoms with E-state index < -0.39 is 0 Å². The Labute approximate surface area is 147 Å². The molecule has 2 aliphatic rings. The third kappa shape index (κ3) is 3.57. The van der Waals surface area contributed by atoms with Gasteiger partial charge in [-0.15, -0.1) is 0 Å². The van der Waals surface area contributed by atoms with E-state index in [1.165, 1.54) is 0 Å². The number of halogens is 1. The molecule has 6 heteroatoms. The van der Waals surface area contributed by atoms with E-state index in [1.807, 2.05) is 6.92 Å². The van der Waals surface area contributed by atoms with Crippen molar-refractivity contribution in [3.8, 4) is 0 Å². The van der Waals surface area contributed by atoms with Gasteiger partial charge >= 0.3 is 0 Å². The molecule has 1 heterocycles. The van der Waals surface area contributed by atoms with Crippen LogP contribution in [0.1, 0.15) is 43.0 Å². The summed E-state index contributed by atoms with van der Waals surface area (Å²) >= 11 is 6.20. The molecule has 1 saturated heterocycles. The number of hydrogen-bond acceptors (Lipinski definition) is 3. The SMILES string of the molecule is CCCNC(=O)c1ccc(NC(=O)C2CC23CCNCC3)cc1Cl. The topological polar surface area (TPSA) is 70.2 Å². The van der Waals surface area contributed by atoms with Gasteiger partial charge in [0.15, 0.2) is 0 Å². The molecule has 1 spiro atoms. The zero-order valence-electron chi connectivity index (χ0n) is 14.0. The zero-order chi connectivity index (χ0) is 17.2. The first-order chi connectivity index (χ1) is 11.6. The van der Waals surface area contributed by atoms with Gasteiger partial charge in [0.25, 0.3) is 5.91 Å². The van der Waals surface area contributed by atoms with Crippen molar-refractivity contribution in [3.63, 3.8) is 0 Å². The minimum absolute atomic E-state index is 0.0659. The number of benzene rings is 1. The van der Waals surface area contributed by atoms with Crippen LogP contribution in [0.5, 0.6) is 0 Å². The number of carbonyl (C=O) groups is 2. The molecule has 1 aliphatic carbocycles. The molecule has 130 valence electrons. The second kappa shape index (κ2) is 7.11. The van der Waals surface area contributed by atoms with Gasteiger partial charge in [0, 0.05) is 18.2 Å². The predicted octanol–water partition coefficient (Wildman–Crippen LogP) is 2.81. The summed E-state index contributed by atoms with van der Waals surface area (Å²) < 4.78 is 0. The molecule has 2 amide bonds. The highest BCUT2D eigenvalue weighted by Crippen LogP contribution is 2.58. The summed E-state index contributed by atoms with van der Waals surface area (Å²) in [6.45, 7) is 4.61. The molecule has 0 bridgehead atoms. The summed E-state index contributed by atoms with van der Waals surface area (Å²) in [6.07, 6.45) is 3.99. The molecular formula is C18H24ClN3O2. The smallest absolute Gasteiger partial charge is 0.252 e. The maximum atomic E-state index is 12.5. The van der Waals surface area contributed by atoms with E-state index in [2.05, 4.69) is 16.0 Å². The lowest BCUT2D eigenvalue weighted by molar-refractivity contribution is -0.118. The standard InChI is InChI=1S/C18H24ClN3O2/c1-2-7-21-16(23)13-4-3-12(10-15(13)19)22-17(24)14-11-18(14)5-8-20-9-6-18/h3-4,10,14,20H,2,5-9,11H2,1H3,(H,21,23)(H,22,24). The summed E-state index contributed by atoms with van der Waals surface area (Å²) in [5.74, 6) is -0.0161. The fourth-order valence-electron chi connectivity index (χ4n) is 3.54. The first kappa shape index (κ1) is 17.2. The van der Waals surface area contributed by atoms with Crippen LogP contribution < -0.4 is 16.0 Å². The Hall–Kier alpha value is -1.59. The predicted molar refractivity (Wildman–Crippen MR) is 95.3 cm³/mol. The molecule has 5 nitrogen and oxygen atoms in total. The van der Waals surface area contributed by atoms with Crippen LogP contribution in [0.15, 0.2) is 18.2 Å². The van der Waals surface area contributed by atoms with Crippen LogP contribution >= 0.6 is 11.6 Å². The average Bonchev–Trinajstić information content (AvgIpc) is 3.26. The van der Waals surface area contributed by atoms with Crippen molar-refractivity contribution in [1.82, 2.24) is 10.6 Å². The number of carbonyl (C=O) groups excluding carboxylic acids is 2. The van der Waals surface area contributed by atoms with Gasteiger partial charge in [-0.2, -0.15) is 0 Å². The molecule has 1 aliphatic heterocycles. The molecule has 3 rings (SSSR count). The Morgan fingerprint density at radius 3 is 2.75 bits per heavy atom. The van der Waals surface area contributed by atoms with E-state index in [1.54, 1.807) is 18.2 Å². The van der Waals surface area contributed by atoms with Gasteiger partial charge in [-0.05, 0) is 62.4 Å². The molecule has 1 saturated carbocycles. The van der Waals surface area contributed by atoms with Crippen molar-refractivity contribution in [2.45, 2.75) is 32.6 Å². The average molecular weight is 350 g/mol. The Balaban J connectivity index is 1.61. The molecule has 0 aromatic heterocycles. The fourth-order valence-corrected chi connectivity index (χ4v) is 3.80. The molecule has 1 atom stereocenters. The van der Waals surface area contributed by atoms with Crippen molar-refractivity contribution >= 4 is 29.1 Å². The Bertz CT molecular complexity index is 641. The Morgan fingerprint density at radius 1 is 1.33 bits per heavy atom. The van der Waals surface area contributed by atoms with E-state index in [-0.39, 0.29) is 23.1 Å². The number of rotatable bonds is 5. The van der Waals surface area contributed by atoms with Crippen LogP contribution in [0.3, 0.4) is 0 Å². The second-order valence-electron chi connectivity index (χ2n) is 6.81. The zero-order valence-corrected chi connectivity index (χ0v) is 14.7. The van der Waals surface area contributed by atoms with Crippen LogP contribution in [-0.2, 0) is 4.79 Å². The molecule has 0 radical (unpaired) electrons. The van der Waals surface area contributed by atoms with E-state index in [0.29, 0.717) is 22.8 Å². The highest BCUT2D eigenvalue weighted by molar-refractivity contribution is 6.34. The lowest BCUT2D eigenvalue weighted by Gasteiger charge is -2.23. The molecule has 2 fully saturated rings. The normalized spacial score (nSPS) is 21.3. The van der Waals surface area contributed by atoms with Gasteiger partial charge in [-0.25, -0.2) is 0 Å². The maximum absolute atomic E-state index is 12.5. The van der Waals surface area contributed by atoms with Crippen molar-refractivity contribution < 1.29 is 9.59 Å². The largest absolute Gasteiger partial charge is 0.352 e. The first-order valence-corrected chi connectivity index (χ1v) is 9.03. The number of anilines is 1. The van der Waals surface area contributed by atoms with E-state index >= 15 is 0 Å². The van der Waals surface area contributed by atoms with Crippen LogP contribution in [0.25, 0.3) is 0 Å². The van der Waals surface area contributed by atoms with Crippen molar-refractivity contribution in [2.24, 2.45) is 11.3 Å². The highest BCUT2D eigenvalue weighted by atomic mass is 35.5. The molecule has 3 N–H and O–H groups in total. The molecular weight excluding hydrogens is 326 g/mol. The molecule has 24 heavy (non-hydrogen) atoms. The number of hydrogen-bond donors (Lipinski definition) is 3. The van der Waals surface area contributed by atoms with Crippen molar-refractivity contribution in [2.75, 3.05) is 25.0 Å². The minimum atomic E-state index is -0.185. The van der Waals surface area contributed by atoms with E-state index in [4.69, 9.17) is 11.6 Å². The van der Waals surface area contributed by atoms with Gasteiger partial charge in [-0.1, -0.05) is 18.5 Å². The quantitative estimate of drug-likeness (QED) is 0.765. The van der Waals surface area contributed by atoms with Crippen molar-refractivity contribution in [1.29, 1.82) is 0 Å². The second-order valence-corrected chi connectivity index (χ2v) is 7.22.